The first-order chi connectivity index (χ1) is 3.77. The molecule has 0 aromatic carbocycles. The summed E-state index contributed by atoms with van der Waals surface area (Å²) in [4.78, 5) is 9.87. The molecule has 1 N–H and O–H groups in total. The second-order valence-corrected chi connectivity index (χ2v) is 1.85. The van der Waals surface area contributed by atoms with E-state index in [0.717, 1.165) is 19.3 Å². The number of rotatable bonds is 4. The fourth-order valence-electron chi connectivity index (χ4n) is 0.526. The molecule has 0 heterocycles. The molecule has 0 spiro atoms. The fourth-order valence-corrected chi connectivity index (χ4v) is 0.526. The van der Waals surface area contributed by atoms with Crippen LogP contribution in [0.3, 0.4) is 0 Å². The fraction of sp³-hybridized carbons (Fsp3) is 0.833. The van der Waals surface area contributed by atoms with Crippen molar-refractivity contribution in [3.63, 3.8) is 0 Å². The Labute approximate surface area is 66.4 Å². The molecule has 3 heteroatoms. The number of hydrogen-bond donors (Lipinski definition) is 1. The molecule has 0 unspecified atom stereocenters. The molecule has 0 atom stereocenters. The maximum Gasteiger partial charge on any atom is 0.303 e. The van der Waals surface area contributed by atoms with Crippen molar-refractivity contribution in [3.8, 4) is 0 Å². The van der Waals surface area contributed by atoms with Crippen molar-refractivity contribution in [1.29, 1.82) is 0 Å². The number of hydrogen-bond acceptors (Lipinski definition) is 1. The van der Waals surface area contributed by atoms with E-state index in [1.165, 1.54) is 0 Å². The maximum atomic E-state index is 9.87. The average molecular weight is 168 g/mol. The van der Waals surface area contributed by atoms with Gasteiger partial charge in [0.15, 0.2) is 0 Å². The Morgan fingerprint density at radius 2 is 2.00 bits per heavy atom. The predicted molar refractivity (Wildman–Crippen MR) is 31.8 cm³/mol. The third-order valence-corrected chi connectivity index (χ3v) is 0.994. The van der Waals surface area contributed by atoms with E-state index in [1.807, 2.05) is 0 Å². The van der Waals surface area contributed by atoms with Gasteiger partial charge >= 0.3 is 5.97 Å². The molecule has 0 amide bonds. The smallest absolute Gasteiger partial charge is 0.303 e. The summed E-state index contributed by atoms with van der Waals surface area (Å²) in [6.45, 7) is 2.06. The van der Waals surface area contributed by atoms with Crippen molar-refractivity contribution in [1.82, 2.24) is 0 Å². The SMILES string of the molecule is CCCCCC(=O)O.[Cr]. The minimum Gasteiger partial charge on any atom is -0.481 e. The van der Waals surface area contributed by atoms with Crippen LogP contribution in [-0.4, -0.2) is 11.1 Å². The summed E-state index contributed by atoms with van der Waals surface area (Å²) >= 11 is 0. The summed E-state index contributed by atoms with van der Waals surface area (Å²) in [5.74, 6) is -0.682. The zero-order chi connectivity index (χ0) is 6.41. The largest absolute Gasteiger partial charge is 0.481 e. The summed E-state index contributed by atoms with van der Waals surface area (Å²) in [6.07, 6.45) is 3.28. The minimum atomic E-state index is -0.682. The van der Waals surface area contributed by atoms with E-state index in [0.29, 0.717) is 6.42 Å². The van der Waals surface area contributed by atoms with Crippen LogP contribution in [0.1, 0.15) is 32.6 Å². The summed E-state index contributed by atoms with van der Waals surface area (Å²) < 4.78 is 0. The third kappa shape index (κ3) is 11.5. The Morgan fingerprint density at radius 1 is 1.44 bits per heavy atom. The van der Waals surface area contributed by atoms with Crippen LogP contribution in [-0.2, 0) is 22.2 Å². The summed E-state index contributed by atoms with van der Waals surface area (Å²) in [7, 11) is 0. The summed E-state index contributed by atoms with van der Waals surface area (Å²) in [6, 6.07) is 0. The van der Waals surface area contributed by atoms with E-state index in [-0.39, 0.29) is 17.4 Å². The Morgan fingerprint density at radius 3 is 2.33 bits per heavy atom. The third-order valence-electron chi connectivity index (χ3n) is 0.994. The van der Waals surface area contributed by atoms with Crippen molar-refractivity contribution in [2.45, 2.75) is 32.6 Å². The molecule has 0 aliphatic rings. The predicted octanol–water partition coefficient (Wildman–Crippen LogP) is 1.65. The second-order valence-electron chi connectivity index (χ2n) is 1.85. The van der Waals surface area contributed by atoms with Gasteiger partial charge in [0.05, 0.1) is 0 Å². The number of carboxylic acid groups (broad SMARTS) is 1. The van der Waals surface area contributed by atoms with Crippen LogP contribution in [0.2, 0.25) is 0 Å². The van der Waals surface area contributed by atoms with Gasteiger partial charge in [-0.2, -0.15) is 0 Å². The molecule has 9 heavy (non-hydrogen) atoms. The van der Waals surface area contributed by atoms with Gasteiger partial charge in [-0.25, -0.2) is 0 Å². The minimum absolute atomic E-state index is 0. The molecule has 0 rings (SSSR count). The standard InChI is InChI=1S/C6H12O2.Cr/c1-2-3-4-5-6(7)8;/h2-5H2,1H3,(H,7,8);. The molecular weight excluding hydrogens is 156 g/mol. The quantitative estimate of drug-likeness (QED) is 0.648. The number of carbonyl (C=O) groups is 1. The van der Waals surface area contributed by atoms with E-state index in [2.05, 4.69) is 6.92 Å². The van der Waals surface area contributed by atoms with E-state index in [1.54, 1.807) is 0 Å². The van der Waals surface area contributed by atoms with Crippen molar-refractivity contribution < 1.29 is 27.3 Å². The molecular formula is C6H12CrO2. The first-order valence-electron chi connectivity index (χ1n) is 2.99. The molecule has 0 saturated carbocycles. The first-order valence-corrected chi connectivity index (χ1v) is 2.99. The monoisotopic (exact) mass is 168 g/mol. The van der Waals surface area contributed by atoms with E-state index in [4.69, 9.17) is 5.11 Å². The number of carboxylic acids is 1. The molecule has 0 saturated heterocycles. The molecule has 0 fully saturated rings. The van der Waals surface area contributed by atoms with Gasteiger partial charge in [-0.3, -0.25) is 4.79 Å². The molecule has 0 bridgehead atoms. The van der Waals surface area contributed by atoms with Crippen LogP contribution in [0.25, 0.3) is 0 Å². The molecule has 0 aliphatic heterocycles. The Kier molecular flexibility index (Phi) is 10.5. The van der Waals surface area contributed by atoms with Crippen molar-refractivity contribution in [3.05, 3.63) is 0 Å². The van der Waals surface area contributed by atoms with Gasteiger partial charge in [-0.05, 0) is 6.42 Å². The molecule has 0 aromatic rings. The van der Waals surface area contributed by atoms with E-state index < -0.39 is 5.97 Å². The topological polar surface area (TPSA) is 37.3 Å². The van der Waals surface area contributed by atoms with Gasteiger partial charge in [-0.15, -0.1) is 0 Å². The van der Waals surface area contributed by atoms with Gasteiger partial charge in [0.25, 0.3) is 0 Å². The van der Waals surface area contributed by atoms with Gasteiger partial charge in [-0.1, -0.05) is 19.8 Å². The van der Waals surface area contributed by atoms with Crippen molar-refractivity contribution in [2.24, 2.45) is 0 Å². The van der Waals surface area contributed by atoms with Crippen LogP contribution in [0.5, 0.6) is 0 Å². The average Bonchev–Trinajstić information content (AvgIpc) is 1.66. The number of aliphatic carboxylic acids is 1. The van der Waals surface area contributed by atoms with Crippen LogP contribution in [0, 0.1) is 0 Å². The van der Waals surface area contributed by atoms with Crippen LogP contribution in [0.4, 0.5) is 0 Å². The normalized spacial score (nSPS) is 8.11. The van der Waals surface area contributed by atoms with Crippen LogP contribution in [0.15, 0.2) is 0 Å². The Balaban J connectivity index is 0. The second kappa shape index (κ2) is 8.00. The molecule has 0 aliphatic carbocycles. The summed E-state index contributed by atoms with van der Waals surface area (Å²) in [5.41, 5.74) is 0. The van der Waals surface area contributed by atoms with Crippen LogP contribution < -0.4 is 0 Å². The van der Waals surface area contributed by atoms with E-state index in [9.17, 15) is 4.79 Å². The van der Waals surface area contributed by atoms with Gasteiger partial charge < -0.3 is 5.11 Å². The number of unbranched alkanes of at least 4 members (excludes halogenated alkanes) is 2. The van der Waals surface area contributed by atoms with Gasteiger partial charge in [0, 0.05) is 23.8 Å². The zero-order valence-electron chi connectivity index (χ0n) is 5.59. The molecule has 0 radical (unpaired) electrons. The maximum absolute atomic E-state index is 9.87. The van der Waals surface area contributed by atoms with Crippen molar-refractivity contribution in [2.75, 3.05) is 0 Å². The van der Waals surface area contributed by atoms with E-state index >= 15 is 0 Å². The van der Waals surface area contributed by atoms with Crippen LogP contribution >= 0.6 is 0 Å². The first kappa shape index (κ1) is 11.8. The molecule has 2 nitrogen and oxygen atoms in total. The van der Waals surface area contributed by atoms with Crippen molar-refractivity contribution >= 4 is 5.97 Å². The molecule has 54 valence electrons. The molecule has 0 aromatic heterocycles. The van der Waals surface area contributed by atoms with Gasteiger partial charge in [0.1, 0.15) is 0 Å². The zero-order valence-corrected chi connectivity index (χ0v) is 6.87. The Hall–Kier alpha value is 0.00247. The van der Waals surface area contributed by atoms with Gasteiger partial charge in [0.2, 0.25) is 0 Å². The summed E-state index contributed by atoms with van der Waals surface area (Å²) in [5, 5.41) is 8.14. The Bertz CT molecular complexity index is 73.5.